The molecule has 21 heavy (non-hydrogen) atoms. The Hall–Kier alpha value is -0.370. The normalized spacial score (nSPS) is 20.9. The molecule has 2 rings (SSSR count). The molecule has 1 heterocycles. The molecule has 0 bridgehead atoms. The zero-order valence-electron chi connectivity index (χ0n) is 11.9. The number of morpholine rings is 1. The standard InChI is InChI=1S/C13H18Cl2N2O3S/c1-3-16(2)21(18,19)17-6-7-20-13(9-17)10-4-5-11(14)12(15)8-10/h4-5,8,13H,3,6-7,9H2,1-2H3/t13-/m1/s1. The van der Waals surface area contributed by atoms with Crippen molar-refractivity contribution in [1.82, 2.24) is 8.61 Å². The van der Waals surface area contributed by atoms with E-state index in [-0.39, 0.29) is 12.6 Å². The van der Waals surface area contributed by atoms with Gasteiger partial charge >= 0.3 is 0 Å². The first-order valence-electron chi connectivity index (χ1n) is 6.64. The van der Waals surface area contributed by atoms with Crippen molar-refractivity contribution in [3.63, 3.8) is 0 Å². The van der Waals surface area contributed by atoms with Crippen molar-refractivity contribution in [1.29, 1.82) is 0 Å². The lowest BCUT2D eigenvalue weighted by Gasteiger charge is -2.34. The summed E-state index contributed by atoms with van der Waals surface area (Å²) in [7, 11) is -1.88. The predicted octanol–water partition coefficient (Wildman–Crippen LogP) is 2.56. The van der Waals surface area contributed by atoms with Crippen LogP contribution >= 0.6 is 23.2 Å². The molecule has 0 radical (unpaired) electrons. The van der Waals surface area contributed by atoms with Crippen molar-refractivity contribution in [2.75, 3.05) is 33.3 Å². The summed E-state index contributed by atoms with van der Waals surface area (Å²) in [6, 6.07) is 5.21. The molecule has 118 valence electrons. The molecular weight excluding hydrogens is 335 g/mol. The third-order valence-corrected chi connectivity index (χ3v) is 6.28. The summed E-state index contributed by atoms with van der Waals surface area (Å²) in [5, 5.41) is 0.898. The summed E-state index contributed by atoms with van der Waals surface area (Å²) in [5.41, 5.74) is 0.823. The molecule has 0 amide bonds. The SMILES string of the molecule is CCN(C)S(=O)(=O)N1CCO[C@@H](c2ccc(Cl)c(Cl)c2)C1. The van der Waals surface area contributed by atoms with Gasteiger partial charge < -0.3 is 4.74 Å². The lowest BCUT2D eigenvalue weighted by molar-refractivity contribution is -0.00403. The lowest BCUT2D eigenvalue weighted by Crippen LogP contribution is -2.48. The van der Waals surface area contributed by atoms with Gasteiger partial charge in [-0.15, -0.1) is 0 Å². The molecule has 1 aliphatic rings. The van der Waals surface area contributed by atoms with E-state index in [1.54, 1.807) is 32.2 Å². The van der Waals surface area contributed by atoms with Crippen LogP contribution in [0, 0.1) is 0 Å². The van der Waals surface area contributed by atoms with E-state index in [1.807, 2.05) is 0 Å². The van der Waals surface area contributed by atoms with E-state index >= 15 is 0 Å². The van der Waals surface area contributed by atoms with E-state index in [9.17, 15) is 8.42 Å². The molecule has 8 heteroatoms. The van der Waals surface area contributed by atoms with Crippen LogP contribution < -0.4 is 0 Å². The Bertz CT molecular complexity index is 609. The highest BCUT2D eigenvalue weighted by Crippen LogP contribution is 2.29. The third-order valence-electron chi connectivity index (χ3n) is 3.51. The zero-order valence-corrected chi connectivity index (χ0v) is 14.2. The van der Waals surface area contributed by atoms with Crippen LogP contribution in [-0.2, 0) is 14.9 Å². The lowest BCUT2D eigenvalue weighted by atomic mass is 10.1. The van der Waals surface area contributed by atoms with Crippen molar-refractivity contribution in [3.05, 3.63) is 33.8 Å². The topological polar surface area (TPSA) is 49.9 Å². The maximum Gasteiger partial charge on any atom is 0.281 e. The Kier molecular flexibility index (Phi) is 5.51. The maximum atomic E-state index is 12.4. The van der Waals surface area contributed by atoms with E-state index in [4.69, 9.17) is 27.9 Å². The second kappa shape index (κ2) is 6.81. The summed E-state index contributed by atoms with van der Waals surface area (Å²) in [5.74, 6) is 0. The number of rotatable bonds is 4. The van der Waals surface area contributed by atoms with Crippen molar-refractivity contribution >= 4 is 33.4 Å². The fraction of sp³-hybridized carbons (Fsp3) is 0.538. The predicted molar refractivity (Wildman–Crippen MR) is 84.0 cm³/mol. The molecule has 1 aromatic carbocycles. The van der Waals surface area contributed by atoms with Crippen molar-refractivity contribution < 1.29 is 13.2 Å². The van der Waals surface area contributed by atoms with Gasteiger partial charge in [-0.05, 0) is 17.7 Å². The van der Waals surface area contributed by atoms with Crippen molar-refractivity contribution in [2.24, 2.45) is 0 Å². The maximum absolute atomic E-state index is 12.4. The number of benzene rings is 1. The number of hydrogen-bond acceptors (Lipinski definition) is 3. The average molecular weight is 353 g/mol. The Morgan fingerprint density at radius 1 is 1.38 bits per heavy atom. The largest absolute Gasteiger partial charge is 0.371 e. The highest BCUT2D eigenvalue weighted by atomic mass is 35.5. The Balaban J connectivity index is 2.19. The highest BCUT2D eigenvalue weighted by molar-refractivity contribution is 7.86. The number of hydrogen-bond donors (Lipinski definition) is 0. The summed E-state index contributed by atoms with van der Waals surface area (Å²) in [6.45, 7) is 3.20. The van der Waals surface area contributed by atoms with Gasteiger partial charge in [-0.3, -0.25) is 0 Å². The molecule has 0 N–H and O–H groups in total. The van der Waals surface area contributed by atoms with Crippen LogP contribution in [0.15, 0.2) is 18.2 Å². The van der Waals surface area contributed by atoms with Gasteiger partial charge in [0.1, 0.15) is 0 Å². The fourth-order valence-electron chi connectivity index (χ4n) is 2.11. The molecule has 1 saturated heterocycles. The first-order chi connectivity index (χ1) is 9.86. The second-order valence-corrected chi connectivity index (χ2v) is 7.66. The van der Waals surface area contributed by atoms with E-state index < -0.39 is 10.2 Å². The minimum atomic E-state index is -3.44. The van der Waals surface area contributed by atoms with Crippen LogP contribution in [0.5, 0.6) is 0 Å². The monoisotopic (exact) mass is 352 g/mol. The fourth-order valence-corrected chi connectivity index (χ4v) is 3.77. The van der Waals surface area contributed by atoms with Crippen LogP contribution in [0.2, 0.25) is 10.0 Å². The van der Waals surface area contributed by atoms with Crippen LogP contribution in [0.3, 0.4) is 0 Å². The van der Waals surface area contributed by atoms with Crippen molar-refractivity contribution in [3.8, 4) is 0 Å². The van der Waals surface area contributed by atoms with Gasteiger partial charge in [0.2, 0.25) is 0 Å². The molecule has 1 atom stereocenters. The first-order valence-corrected chi connectivity index (χ1v) is 8.79. The van der Waals surface area contributed by atoms with Gasteiger partial charge in [0.25, 0.3) is 10.2 Å². The molecule has 1 aliphatic heterocycles. The molecule has 0 aliphatic carbocycles. The molecule has 1 aromatic rings. The smallest absolute Gasteiger partial charge is 0.281 e. The number of ether oxygens (including phenoxy) is 1. The van der Waals surface area contributed by atoms with Gasteiger partial charge in [-0.1, -0.05) is 36.2 Å². The molecule has 1 fully saturated rings. The molecule has 0 spiro atoms. The van der Waals surface area contributed by atoms with Gasteiger partial charge in [0.05, 0.1) is 22.8 Å². The molecule has 5 nitrogen and oxygen atoms in total. The average Bonchev–Trinajstić information content (AvgIpc) is 2.49. The summed E-state index contributed by atoms with van der Waals surface area (Å²) < 4.78 is 33.2. The highest BCUT2D eigenvalue weighted by Gasteiger charge is 2.32. The summed E-state index contributed by atoms with van der Waals surface area (Å²) >= 11 is 11.9. The minimum Gasteiger partial charge on any atom is -0.371 e. The molecule has 0 unspecified atom stereocenters. The molecular formula is C13H18Cl2N2O3S. The Morgan fingerprint density at radius 3 is 2.71 bits per heavy atom. The van der Waals surface area contributed by atoms with E-state index in [0.717, 1.165) is 5.56 Å². The third kappa shape index (κ3) is 3.70. The molecule has 0 saturated carbocycles. The summed E-state index contributed by atoms with van der Waals surface area (Å²) in [6.07, 6.45) is -0.339. The summed E-state index contributed by atoms with van der Waals surface area (Å²) in [4.78, 5) is 0. The zero-order chi connectivity index (χ0) is 15.6. The van der Waals surface area contributed by atoms with Crippen LogP contribution in [0.25, 0.3) is 0 Å². The number of halogens is 2. The Morgan fingerprint density at radius 2 is 2.10 bits per heavy atom. The van der Waals surface area contributed by atoms with E-state index in [2.05, 4.69) is 0 Å². The van der Waals surface area contributed by atoms with Gasteiger partial charge in [0, 0.05) is 26.7 Å². The Labute approximate surface area is 135 Å². The first kappa shape index (κ1) is 17.0. The van der Waals surface area contributed by atoms with E-state index in [0.29, 0.717) is 29.7 Å². The van der Waals surface area contributed by atoms with Gasteiger partial charge in [0.15, 0.2) is 0 Å². The second-order valence-electron chi connectivity index (χ2n) is 4.81. The van der Waals surface area contributed by atoms with Gasteiger partial charge in [-0.2, -0.15) is 17.0 Å². The van der Waals surface area contributed by atoms with Crippen LogP contribution in [0.4, 0.5) is 0 Å². The number of nitrogens with zero attached hydrogens (tertiary/aromatic N) is 2. The van der Waals surface area contributed by atoms with Gasteiger partial charge in [-0.25, -0.2) is 0 Å². The van der Waals surface area contributed by atoms with Crippen molar-refractivity contribution in [2.45, 2.75) is 13.0 Å². The van der Waals surface area contributed by atoms with E-state index in [1.165, 1.54) is 8.61 Å². The molecule has 0 aromatic heterocycles. The van der Waals surface area contributed by atoms with Crippen LogP contribution in [-0.4, -0.2) is 50.3 Å². The quantitative estimate of drug-likeness (QED) is 0.836. The minimum absolute atomic E-state index is 0.268. The van der Waals surface area contributed by atoms with Crippen LogP contribution in [0.1, 0.15) is 18.6 Å².